The van der Waals surface area contributed by atoms with Gasteiger partial charge in [-0.05, 0) is 19.8 Å². The van der Waals surface area contributed by atoms with Gasteiger partial charge in [-0.15, -0.1) is 0 Å². The molecule has 0 aromatic carbocycles. The molecule has 7 nitrogen and oxygen atoms in total. The number of rotatable bonds is 5. The fraction of sp³-hybridized carbons (Fsp3) is 0.846. The molecule has 0 aromatic heterocycles. The third-order valence-corrected chi connectivity index (χ3v) is 4.33. The first-order valence-electron chi connectivity index (χ1n) is 7.17. The number of aliphatic imine (C=N–C) groups is 1. The van der Waals surface area contributed by atoms with Crippen LogP contribution in [0.25, 0.3) is 0 Å². The standard InChI is InChI=1S/C13H25N3O4S/c1-4-20-12(17)11-5-8-16(9-6-11)13(14-2)15-7-10-21(3,18)19/h11H,4-10H2,1-3H3,(H,14,15). The van der Waals surface area contributed by atoms with Gasteiger partial charge in [0, 0.05) is 32.9 Å². The summed E-state index contributed by atoms with van der Waals surface area (Å²) in [5, 5.41) is 3.05. The summed E-state index contributed by atoms with van der Waals surface area (Å²) < 4.78 is 27.3. The number of ether oxygens (including phenoxy) is 1. The van der Waals surface area contributed by atoms with Gasteiger partial charge >= 0.3 is 5.97 Å². The Morgan fingerprint density at radius 3 is 2.48 bits per heavy atom. The number of nitrogens with one attached hydrogen (secondary N) is 1. The monoisotopic (exact) mass is 319 g/mol. The Morgan fingerprint density at radius 2 is 2.00 bits per heavy atom. The molecular formula is C13H25N3O4S. The molecule has 122 valence electrons. The summed E-state index contributed by atoms with van der Waals surface area (Å²) in [6.45, 7) is 3.97. The van der Waals surface area contributed by atoms with Gasteiger partial charge < -0.3 is 15.0 Å². The molecule has 21 heavy (non-hydrogen) atoms. The summed E-state index contributed by atoms with van der Waals surface area (Å²) >= 11 is 0. The van der Waals surface area contributed by atoms with Crippen LogP contribution in [-0.2, 0) is 19.4 Å². The maximum Gasteiger partial charge on any atom is 0.309 e. The molecule has 8 heteroatoms. The topological polar surface area (TPSA) is 88.1 Å². The predicted octanol–water partition coefficient (Wildman–Crippen LogP) is -0.118. The zero-order valence-corrected chi connectivity index (χ0v) is 13.8. The van der Waals surface area contributed by atoms with E-state index in [0.29, 0.717) is 32.2 Å². The Morgan fingerprint density at radius 1 is 1.38 bits per heavy atom. The van der Waals surface area contributed by atoms with Crippen LogP contribution in [0.2, 0.25) is 0 Å². The largest absolute Gasteiger partial charge is 0.466 e. The SMILES string of the molecule is CCOC(=O)C1CCN(C(=NC)NCCS(C)(=O)=O)CC1. The smallest absolute Gasteiger partial charge is 0.309 e. The van der Waals surface area contributed by atoms with Gasteiger partial charge in [0.05, 0.1) is 18.3 Å². The van der Waals surface area contributed by atoms with Crippen LogP contribution in [0.3, 0.4) is 0 Å². The number of sulfone groups is 1. The molecule has 0 bridgehead atoms. The van der Waals surface area contributed by atoms with Crippen molar-refractivity contribution in [1.29, 1.82) is 0 Å². The molecule has 0 unspecified atom stereocenters. The highest BCUT2D eigenvalue weighted by Gasteiger charge is 2.27. The maximum atomic E-state index is 11.7. The van der Waals surface area contributed by atoms with E-state index >= 15 is 0 Å². The fourth-order valence-electron chi connectivity index (χ4n) is 2.27. The zero-order chi connectivity index (χ0) is 15.9. The van der Waals surface area contributed by atoms with E-state index in [-0.39, 0.29) is 17.6 Å². The molecule has 0 amide bonds. The van der Waals surface area contributed by atoms with Crippen molar-refractivity contribution in [3.8, 4) is 0 Å². The first-order chi connectivity index (χ1) is 9.87. The second-order valence-electron chi connectivity index (χ2n) is 5.12. The first-order valence-corrected chi connectivity index (χ1v) is 9.23. The average Bonchev–Trinajstić information content (AvgIpc) is 2.43. The van der Waals surface area contributed by atoms with Crippen molar-refractivity contribution in [2.24, 2.45) is 10.9 Å². The number of hydrogen-bond acceptors (Lipinski definition) is 5. The molecule has 0 aromatic rings. The minimum atomic E-state index is -2.98. The Hall–Kier alpha value is -1.31. The van der Waals surface area contributed by atoms with Crippen LogP contribution in [0.4, 0.5) is 0 Å². The van der Waals surface area contributed by atoms with E-state index in [4.69, 9.17) is 4.74 Å². The van der Waals surface area contributed by atoms with E-state index in [9.17, 15) is 13.2 Å². The van der Waals surface area contributed by atoms with Crippen LogP contribution >= 0.6 is 0 Å². The molecule has 1 heterocycles. The number of esters is 1. The van der Waals surface area contributed by atoms with Crippen molar-refractivity contribution in [2.75, 3.05) is 45.3 Å². The highest BCUT2D eigenvalue weighted by molar-refractivity contribution is 7.90. The second kappa shape index (κ2) is 8.21. The minimum absolute atomic E-state index is 0.0460. The molecule has 0 radical (unpaired) electrons. The van der Waals surface area contributed by atoms with Crippen molar-refractivity contribution in [2.45, 2.75) is 19.8 Å². The number of likely N-dealkylation sites (tertiary alicyclic amines) is 1. The average molecular weight is 319 g/mol. The second-order valence-corrected chi connectivity index (χ2v) is 7.38. The Kier molecular flexibility index (Phi) is 6.94. The lowest BCUT2D eigenvalue weighted by molar-refractivity contribution is -0.149. The van der Waals surface area contributed by atoms with E-state index in [0.717, 1.165) is 12.8 Å². The maximum absolute atomic E-state index is 11.7. The zero-order valence-electron chi connectivity index (χ0n) is 13.0. The Labute approximate surface area is 126 Å². The lowest BCUT2D eigenvalue weighted by Gasteiger charge is -2.33. The van der Waals surface area contributed by atoms with E-state index in [2.05, 4.69) is 10.3 Å². The molecule has 0 atom stereocenters. The van der Waals surface area contributed by atoms with Crippen LogP contribution in [0.1, 0.15) is 19.8 Å². The molecule has 1 fully saturated rings. The summed E-state index contributed by atoms with van der Waals surface area (Å²) in [7, 11) is -1.32. The van der Waals surface area contributed by atoms with Gasteiger partial charge in [-0.2, -0.15) is 0 Å². The molecule has 1 aliphatic heterocycles. The van der Waals surface area contributed by atoms with Crippen LogP contribution in [-0.4, -0.2) is 70.5 Å². The Bertz CT molecular complexity index is 468. The van der Waals surface area contributed by atoms with Crippen molar-refractivity contribution in [3.63, 3.8) is 0 Å². The molecule has 0 spiro atoms. The summed E-state index contributed by atoms with van der Waals surface area (Å²) in [4.78, 5) is 17.9. The van der Waals surface area contributed by atoms with Crippen molar-refractivity contribution < 1.29 is 17.9 Å². The fourth-order valence-corrected chi connectivity index (χ4v) is 2.74. The van der Waals surface area contributed by atoms with E-state index in [1.54, 1.807) is 14.0 Å². The van der Waals surface area contributed by atoms with Gasteiger partial charge in [-0.1, -0.05) is 0 Å². The third-order valence-electron chi connectivity index (χ3n) is 3.38. The van der Waals surface area contributed by atoms with Gasteiger partial charge in [-0.3, -0.25) is 9.79 Å². The normalized spacial score (nSPS) is 17.7. The van der Waals surface area contributed by atoms with E-state index in [1.165, 1.54) is 6.26 Å². The van der Waals surface area contributed by atoms with Crippen LogP contribution < -0.4 is 5.32 Å². The summed E-state index contributed by atoms with van der Waals surface area (Å²) in [5.74, 6) is 0.583. The lowest BCUT2D eigenvalue weighted by Crippen LogP contribution is -2.47. The highest BCUT2D eigenvalue weighted by atomic mass is 32.2. The Balaban J connectivity index is 2.42. The highest BCUT2D eigenvalue weighted by Crippen LogP contribution is 2.18. The van der Waals surface area contributed by atoms with Crippen LogP contribution in [0.15, 0.2) is 4.99 Å². The molecule has 0 aliphatic carbocycles. The number of hydrogen-bond donors (Lipinski definition) is 1. The summed E-state index contributed by atoms with van der Waals surface area (Å²) in [6, 6.07) is 0. The number of carbonyl (C=O) groups excluding carboxylic acids is 1. The van der Waals surface area contributed by atoms with Crippen LogP contribution in [0.5, 0.6) is 0 Å². The van der Waals surface area contributed by atoms with E-state index in [1.807, 2.05) is 4.90 Å². The molecule has 1 aliphatic rings. The number of carbonyl (C=O) groups is 1. The number of piperidine rings is 1. The van der Waals surface area contributed by atoms with Crippen molar-refractivity contribution in [1.82, 2.24) is 10.2 Å². The summed E-state index contributed by atoms with van der Waals surface area (Å²) in [5.41, 5.74) is 0. The quantitative estimate of drug-likeness (QED) is 0.432. The van der Waals surface area contributed by atoms with E-state index < -0.39 is 9.84 Å². The predicted molar refractivity (Wildman–Crippen MR) is 82.0 cm³/mol. The van der Waals surface area contributed by atoms with Gasteiger partial charge in [-0.25, -0.2) is 8.42 Å². The molecule has 1 N–H and O–H groups in total. The lowest BCUT2D eigenvalue weighted by atomic mass is 9.97. The minimum Gasteiger partial charge on any atom is -0.466 e. The third kappa shape index (κ3) is 6.33. The van der Waals surface area contributed by atoms with Gasteiger partial charge in [0.1, 0.15) is 9.84 Å². The van der Waals surface area contributed by atoms with Crippen LogP contribution in [0, 0.1) is 5.92 Å². The number of nitrogens with zero attached hydrogens (tertiary/aromatic N) is 2. The van der Waals surface area contributed by atoms with Crippen molar-refractivity contribution >= 4 is 21.8 Å². The van der Waals surface area contributed by atoms with Gasteiger partial charge in [0.25, 0.3) is 0 Å². The number of guanidine groups is 1. The first kappa shape index (κ1) is 17.7. The summed E-state index contributed by atoms with van der Waals surface area (Å²) in [6.07, 6.45) is 2.67. The molecular weight excluding hydrogens is 294 g/mol. The molecule has 0 saturated carbocycles. The molecule has 1 saturated heterocycles. The van der Waals surface area contributed by atoms with Gasteiger partial charge in [0.15, 0.2) is 5.96 Å². The van der Waals surface area contributed by atoms with Gasteiger partial charge in [0.2, 0.25) is 0 Å². The molecule has 1 rings (SSSR count). The van der Waals surface area contributed by atoms with Crippen molar-refractivity contribution in [3.05, 3.63) is 0 Å².